The molecule has 1 aromatic heterocycles. The van der Waals surface area contributed by atoms with E-state index in [1.54, 1.807) is 6.20 Å². The van der Waals surface area contributed by atoms with Gasteiger partial charge in [0.25, 0.3) is 0 Å². The summed E-state index contributed by atoms with van der Waals surface area (Å²) in [4.78, 5) is 11.5. The van der Waals surface area contributed by atoms with E-state index in [-0.39, 0.29) is 0 Å². The maximum absolute atomic E-state index is 9.54. The van der Waals surface area contributed by atoms with E-state index in [0.717, 1.165) is 35.5 Å². The Hall–Kier alpha value is -1.98. The van der Waals surface area contributed by atoms with Gasteiger partial charge in [0.1, 0.15) is 5.84 Å². The highest BCUT2D eigenvalue weighted by Gasteiger charge is 2.29. The van der Waals surface area contributed by atoms with Crippen LogP contribution in [0.5, 0.6) is 0 Å². The van der Waals surface area contributed by atoms with E-state index in [0.29, 0.717) is 11.8 Å². The fourth-order valence-electron chi connectivity index (χ4n) is 4.14. The van der Waals surface area contributed by atoms with Crippen molar-refractivity contribution in [1.82, 2.24) is 15.4 Å². The number of benzene rings is 1. The van der Waals surface area contributed by atoms with Crippen LogP contribution in [0.15, 0.2) is 41.5 Å². The second-order valence-corrected chi connectivity index (χ2v) is 7.10. The van der Waals surface area contributed by atoms with E-state index >= 15 is 0 Å². The fraction of sp³-hybridized carbons (Fsp3) is 0.474. The van der Waals surface area contributed by atoms with Crippen molar-refractivity contribution < 1.29 is 5.21 Å². The normalized spacial score (nSPS) is 27.2. The molecule has 2 bridgehead atoms. The van der Waals surface area contributed by atoms with Gasteiger partial charge in [0, 0.05) is 24.5 Å². The van der Waals surface area contributed by atoms with E-state index in [1.165, 1.54) is 32.4 Å². The maximum atomic E-state index is 9.54. The van der Waals surface area contributed by atoms with Crippen LogP contribution in [0.1, 0.15) is 25.7 Å². The lowest BCUT2D eigenvalue weighted by atomic mass is 9.89. The summed E-state index contributed by atoms with van der Waals surface area (Å²) >= 11 is 0. The molecular weight excluding hydrogens is 300 g/mol. The molecule has 2 aromatic rings. The molecule has 0 radical (unpaired) electrons. The average molecular weight is 324 g/mol. The number of fused-ring (bicyclic) bond motifs is 5. The highest BCUT2D eigenvalue weighted by Crippen LogP contribution is 2.32. The molecule has 1 atom stereocenters. The minimum atomic E-state index is 0.570. The van der Waals surface area contributed by atoms with Gasteiger partial charge in [0.2, 0.25) is 0 Å². The van der Waals surface area contributed by atoms with Crippen molar-refractivity contribution in [2.75, 3.05) is 19.6 Å². The molecule has 5 nitrogen and oxygen atoms in total. The summed E-state index contributed by atoms with van der Waals surface area (Å²) in [6.45, 7) is 3.59. The van der Waals surface area contributed by atoms with Gasteiger partial charge in [-0.1, -0.05) is 6.07 Å². The first-order valence-corrected chi connectivity index (χ1v) is 8.85. The summed E-state index contributed by atoms with van der Waals surface area (Å²) < 4.78 is 0. The van der Waals surface area contributed by atoms with Gasteiger partial charge in [-0.25, -0.2) is 4.99 Å². The summed E-state index contributed by atoms with van der Waals surface area (Å²) in [6.07, 6.45) is 6.50. The number of hydrogen-bond acceptors (Lipinski definition) is 4. The first-order chi connectivity index (χ1) is 11.8. The van der Waals surface area contributed by atoms with Gasteiger partial charge < -0.3 is 4.90 Å². The van der Waals surface area contributed by atoms with Crippen molar-refractivity contribution >= 4 is 22.4 Å². The van der Waals surface area contributed by atoms with Crippen LogP contribution in [0.2, 0.25) is 0 Å². The number of hydrogen-bond donors (Lipinski definition) is 2. The lowest BCUT2D eigenvalue weighted by Crippen LogP contribution is -2.32. The van der Waals surface area contributed by atoms with Gasteiger partial charge in [-0.2, -0.15) is 0 Å². The lowest BCUT2D eigenvalue weighted by molar-refractivity contribution is 0.215. The monoisotopic (exact) mass is 324 g/mol. The molecule has 2 N–H and O–H groups in total. The van der Waals surface area contributed by atoms with Crippen LogP contribution in [0.25, 0.3) is 10.9 Å². The van der Waals surface area contributed by atoms with Crippen molar-refractivity contribution in [2.45, 2.75) is 25.7 Å². The predicted octanol–water partition coefficient (Wildman–Crippen LogP) is 3.37. The zero-order valence-corrected chi connectivity index (χ0v) is 13.9. The molecule has 24 heavy (non-hydrogen) atoms. The van der Waals surface area contributed by atoms with Gasteiger partial charge in [-0.05, 0) is 68.5 Å². The van der Waals surface area contributed by atoms with Crippen LogP contribution in [0, 0.1) is 11.8 Å². The molecule has 4 heterocycles. The van der Waals surface area contributed by atoms with Gasteiger partial charge >= 0.3 is 0 Å². The summed E-state index contributed by atoms with van der Waals surface area (Å²) in [5.41, 5.74) is 4.14. The number of amidine groups is 1. The molecule has 0 spiro atoms. The van der Waals surface area contributed by atoms with Crippen LogP contribution in [-0.4, -0.2) is 40.6 Å². The van der Waals surface area contributed by atoms with Gasteiger partial charge in [-0.15, -0.1) is 0 Å². The van der Waals surface area contributed by atoms with Crippen molar-refractivity contribution in [3.8, 4) is 0 Å². The molecule has 5 heteroatoms. The number of nitrogens with one attached hydrogen (secondary N) is 1. The molecule has 1 aromatic carbocycles. The van der Waals surface area contributed by atoms with Crippen LogP contribution in [0.4, 0.5) is 5.69 Å². The van der Waals surface area contributed by atoms with Crippen molar-refractivity contribution in [1.29, 1.82) is 0 Å². The first kappa shape index (κ1) is 15.5. The Morgan fingerprint density at radius 3 is 3.00 bits per heavy atom. The quantitative estimate of drug-likeness (QED) is 0.516. The van der Waals surface area contributed by atoms with Crippen LogP contribution in [0.3, 0.4) is 0 Å². The van der Waals surface area contributed by atoms with Crippen LogP contribution in [-0.2, 0) is 0 Å². The van der Waals surface area contributed by atoms with Crippen molar-refractivity contribution in [3.05, 3.63) is 36.5 Å². The molecule has 0 amide bonds. The Morgan fingerprint density at radius 2 is 2.17 bits per heavy atom. The Kier molecular flexibility index (Phi) is 4.45. The SMILES string of the molecule is ONC(CC1CC2CCN(CC2)C1)=Nc1ccc2ncccc2c1. The third kappa shape index (κ3) is 3.42. The van der Waals surface area contributed by atoms with Crippen molar-refractivity contribution in [2.24, 2.45) is 16.8 Å². The largest absolute Gasteiger partial charge is 0.303 e. The maximum Gasteiger partial charge on any atom is 0.126 e. The zero-order chi connectivity index (χ0) is 16.4. The van der Waals surface area contributed by atoms with Gasteiger partial charge in [-0.3, -0.25) is 15.7 Å². The van der Waals surface area contributed by atoms with Gasteiger partial charge in [0.15, 0.2) is 0 Å². The number of piperidine rings is 1. The molecule has 126 valence electrons. The smallest absolute Gasteiger partial charge is 0.126 e. The number of pyridine rings is 1. The Balaban J connectivity index is 1.52. The second kappa shape index (κ2) is 6.87. The molecule has 1 unspecified atom stereocenters. The van der Waals surface area contributed by atoms with E-state index in [9.17, 15) is 5.21 Å². The Bertz CT molecular complexity index is 723. The minimum absolute atomic E-state index is 0.570. The van der Waals surface area contributed by atoms with Crippen molar-refractivity contribution in [3.63, 3.8) is 0 Å². The van der Waals surface area contributed by atoms with Crippen LogP contribution < -0.4 is 5.48 Å². The summed E-state index contributed by atoms with van der Waals surface area (Å²) in [5, 5.41) is 10.6. The highest BCUT2D eigenvalue weighted by atomic mass is 16.5. The Morgan fingerprint density at radius 1 is 1.29 bits per heavy atom. The standard InChI is InChI=1S/C19H24N4O/c24-22-19(11-15-10-14-5-8-23(13-15)9-6-14)21-17-3-4-18-16(12-17)2-1-7-20-18/h1-4,7,12,14-15,24H,5-6,8-11,13H2,(H,21,22). The van der Waals surface area contributed by atoms with E-state index < -0.39 is 0 Å². The minimum Gasteiger partial charge on any atom is -0.303 e. The molecule has 0 aliphatic carbocycles. The number of hydroxylamine groups is 1. The number of aliphatic imine (C=N–C) groups is 1. The molecule has 3 aliphatic rings. The molecular formula is C19H24N4O. The zero-order valence-electron chi connectivity index (χ0n) is 13.9. The summed E-state index contributed by atoms with van der Waals surface area (Å²) in [6, 6.07) is 9.90. The Labute approximate surface area is 142 Å². The number of aromatic nitrogens is 1. The fourth-order valence-corrected chi connectivity index (χ4v) is 4.14. The third-order valence-electron chi connectivity index (χ3n) is 5.35. The molecule has 3 fully saturated rings. The second-order valence-electron chi connectivity index (χ2n) is 7.10. The van der Waals surface area contributed by atoms with E-state index in [2.05, 4.69) is 20.4 Å². The highest BCUT2D eigenvalue weighted by molar-refractivity contribution is 5.87. The van der Waals surface area contributed by atoms with E-state index in [1.807, 2.05) is 30.3 Å². The molecule has 5 rings (SSSR count). The average Bonchev–Trinajstić information content (AvgIpc) is 2.93. The lowest BCUT2D eigenvalue weighted by Gasteiger charge is -2.26. The molecule has 0 saturated carbocycles. The summed E-state index contributed by atoms with van der Waals surface area (Å²) in [7, 11) is 0. The topological polar surface area (TPSA) is 60.8 Å². The number of rotatable bonds is 3. The predicted molar refractivity (Wildman–Crippen MR) is 95.6 cm³/mol. The third-order valence-corrected chi connectivity index (χ3v) is 5.35. The molecule has 3 saturated heterocycles. The van der Waals surface area contributed by atoms with E-state index in [4.69, 9.17) is 0 Å². The number of nitrogens with zero attached hydrogens (tertiary/aromatic N) is 3. The molecule has 3 aliphatic heterocycles. The van der Waals surface area contributed by atoms with Crippen LogP contribution >= 0.6 is 0 Å². The van der Waals surface area contributed by atoms with Gasteiger partial charge in [0.05, 0.1) is 11.2 Å². The first-order valence-electron chi connectivity index (χ1n) is 8.85. The summed E-state index contributed by atoms with van der Waals surface area (Å²) in [5.74, 6) is 2.08.